The van der Waals surface area contributed by atoms with Crippen molar-refractivity contribution in [1.82, 2.24) is 0 Å². The molecular weight excluding hydrogens is 1290 g/mol. The largest absolute Gasteiger partial charge is 0.472 e. The SMILES string of the molecule is CCCCCCCCCCCCCCCCCC(=O)O[C@H](COC(=O)CCCCCCCCCC(C)C)COP(=O)(O)OC[C@H](O)COP(=O)(O)OC[C@@H](COC(=O)CCCCCCCCCCCCCCCC(C)C)OC(=O)CCCCCCCCCCCCCCCCC(C)CC. The molecule has 0 aromatic heterocycles. The van der Waals surface area contributed by atoms with Crippen molar-refractivity contribution in [2.45, 2.75) is 433 Å². The van der Waals surface area contributed by atoms with E-state index in [0.29, 0.717) is 31.6 Å². The van der Waals surface area contributed by atoms with Crippen molar-refractivity contribution < 1.29 is 80.2 Å². The molecule has 0 aliphatic carbocycles. The molecule has 19 heteroatoms. The summed E-state index contributed by atoms with van der Waals surface area (Å²) in [5.41, 5.74) is 0. The number of hydrogen-bond acceptors (Lipinski definition) is 15. The van der Waals surface area contributed by atoms with Crippen molar-refractivity contribution in [2.75, 3.05) is 39.6 Å². The Labute approximate surface area is 607 Å². The number of aliphatic hydroxyl groups excluding tert-OH is 1. The molecule has 17 nitrogen and oxygen atoms in total. The maximum atomic E-state index is 13.1. The number of phosphoric acid groups is 2. The molecule has 0 fully saturated rings. The molecule has 3 unspecified atom stereocenters. The van der Waals surface area contributed by atoms with Gasteiger partial charge in [-0.05, 0) is 43.4 Å². The molecule has 0 aliphatic rings. The van der Waals surface area contributed by atoms with Crippen molar-refractivity contribution >= 4 is 39.5 Å². The Balaban J connectivity index is 5.25. The smallest absolute Gasteiger partial charge is 0.462 e. The Bertz CT molecular complexity index is 1920. The van der Waals surface area contributed by atoms with E-state index >= 15 is 0 Å². The first-order chi connectivity index (χ1) is 47.8. The zero-order chi connectivity index (χ0) is 73.0. The van der Waals surface area contributed by atoms with Crippen molar-refractivity contribution in [3.63, 3.8) is 0 Å². The van der Waals surface area contributed by atoms with E-state index in [-0.39, 0.29) is 25.7 Å². The molecule has 0 bridgehead atoms. The van der Waals surface area contributed by atoms with Crippen LogP contribution < -0.4 is 0 Å². The first-order valence-corrected chi connectivity index (χ1v) is 44.4. The summed E-state index contributed by atoms with van der Waals surface area (Å²) in [7, 11) is -9.92. The number of unbranched alkanes of at least 4 members (excludes halogenated alkanes) is 45. The van der Waals surface area contributed by atoms with Crippen LogP contribution in [-0.2, 0) is 65.4 Å². The average molecular weight is 1450 g/mol. The van der Waals surface area contributed by atoms with Crippen LogP contribution in [0.2, 0.25) is 0 Å². The number of aliphatic hydroxyl groups is 1. The van der Waals surface area contributed by atoms with Crippen LogP contribution in [0, 0.1) is 17.8 Å². The van der Waals surface area contributed by atoms with E-state index in [1.807, 2.05) is 0 Å². The number of carbonyl (C=O) groups excluding carboxylic acids is 4. The lowest BCUT2D eigenvalue weighted by molar-refractivity contribution is -0.161. The Hall–Kier alpha value is -1.94. The Morgan fingerprint density at radius 2 is 0.515 bits per heavy atom. The van der Waals surface area contributed by atoms with Crippen molar-refractivity contribution in [3.8, 4) is 0 Å². The number of hydrogen-bond donors (Lipinski definition) is 3. The number of ether oxygens (including phenoxy) is 4. The minimum Gasteiger partial charge on any atom is -0.462 e. The number of carbonyl (C=O) groups is 4. The quantitative estimate of drug-likeness (QED) is 0.0222. The lowest BCUT2D eigenvalue weighted by Gasteiger charge is -2.21. The van der Waals surface area contributed by atoms with Gasteiger partial charge in [0, 0.05) is 25.7 Å². The number of esters is 4. The molecule has 0 spiro atoms. The summed E-state index contributed by atoms with van der Waals surface area (Å²) in [6, 6.07) is 0. The van der Waals surface area contributed by atoms with E-state index in [2.05, 4.69) is 48.5 Å². The molecule has 0 aliphatic heterocycles. The van der Waals surface area contributed by atoms with E-state index in [9.17, 15) is 43.2 Å². The van der Waals surface area contributed by atoms with Gasteiger partial charge in [0.05, 0.1) is 26.4 Å². The lowest BCUT2D eigenvalue weighted by atomic mass is 9.99. The van der Waals surface area contributed by atoms with Crippen LogP contribution in [0.25, 0.3) is 0 Å². The molecule has 6 atom stereocenters. The van der Waals surface area contributed by atoms with Gasteiger partial charge in [0.1, 0.15) is 19.3 Å². The van der Waals surface area contributed by atoms with Gasteiger partial charge >= 0.3 is 39.5 Å². The Morgan fingerprint density at radius 3 is 0.768 bits per heavy atom. The van der Waals surface area contributed by atoms with Gasteiger partial charge in [-0.2, -0.15) is 0 Å². The zero-order valence-electron chi connectivity index (χ0n) is 65.0. The fraction of sp³-hybridized carbons (Fsp3) is 0.950. The molecule has 0 aromatic rings. The Kier molecular flexibility index (Phi) is 69.0. The second kappa shape index (κ2) is 70.4. The van der Waals surface area contributed by atoms with Crippen LogP contribution in [0.3, 0.4) is 0 Å². The van der Waals surface area contributed by atoms with Crippen LogP contribution in [-0.4, -0.2) is 96.7 Å². The Morgan fingerprint density at radius 1 is 0.293 bits per heavy atom. The van der Waals surface area contributed by atoms with Crippen molar-refractivity contribution in [3.05, 3.63) is 0 Å². The highest BCUT2D eigenvalue weighted by molar-refractivity contribution is 7.47. The van der Waals surface area contributed by atoms with Crippen LogP contribution >= 0.6 is 15.6 Å². The van der Waals surface area contributed by atoms with Crippen LogP contribution in [0.15, 0.2) is 0 Å². The summed E-state index contributed by atoms with van der Waals surface area (Å²) in [5, 5.41) is 10.6. The molecule has 0 saturated heterocycles. The zero-order valence-corrected chi connectivity index (χ0v) is 66.8. The van der Waals surface area contributed by atoms with Gasteiger partial charge in [0.25, 0.3) is 0 Å². The summed E-state index contributed by atoms with van der Waals surface area (Å²) in [6.45, 7) is 12.0. The molecular formula is C80H156O17P2. The van der Waals surface area contributed by atoms with Crippen molar-refractivity contribution in [2.24, 2.45) is 17.8 Å². The van der Waals surface area contributed by atoms with Gasteiger partial charge in [0.15, 0.2) is 12.2 Å². The predicted octanol–water partition coefficient (Wildman–Crippen LogP) is 23.7. The van der Waals surface area contributed by atoms with Crippen molar-refractivity contribution in [1.29, 1.82) is 0 Å². The molecule has 0 amide bonds. The van der Waals surface area contributed by atoms with E-state index in [1.165, 1.54) is 218 Å². The molecule has 3 N–H and O–H groups in total. The molecule has 0 aromatic carbocycles. The third-order valence-corrected chi connectivity index (χ3v) is 20.9. The summed E-state index contributed by atoms with van der Waals surface area (Å²) < 4.78 is 68.7. The topological polar surface area (TPSA) is 237 Å². The van der Waals surface area contributed by atoms with Crippen LogP contribution in [0.4, 0.5) is 0 Å². The van der Waals surface area contributed by atoms with Crippen LogP contribution in [0.1, 0.15) is 414 Å². The molecule has 0 heterocycles. The average Bonchev–Trinajstić information content (AvgIpc) is 1.14. The van der Waals surface area contributed by atoms with Crippen LogP contribution in [0.5, 0.6) is 0 Å². The highest BCUT2D eigenvalue weighted by Crippen LogP contribution is 2.45. The maximum Gasteiger partial charge on any atom is 0.472 e. The van der Waals surface area contributed by atoms with Gasteiger partial charge in [-0.15, -0.1) is 0 Å². The van der Waals surface area contributed by atoms with E-state index in [0.717, 1.165) is 108 Å². The third-order valence-electron chi connectivity index (χ3n) is 19.0. The number of phosphoric ester groups is 2. The predicted molar refractivity (Wildman–Crippen MR) is 405 cm³/mol. The van der Waals surface area contributed by atoms with Gasteiger partial charge < -0.3 is 33.8 Å². The first kappa shape index (κ1) is 97.1. The first-order valence-electron chi connectivity index (χ1n) is 41.4. The second-order valence-corrected chi connectivity index (χ2v) is 32.9. The van der Waals surface area contributed by atoms with Gasteiger partial charge in [-0.3, -0.25) is 37.3 Å². The van der Waals surface area contributed by atoms with Gasteiger partial charge in [-0.25, -0.2) is 9.13 Å². The summed E-state index contributed by atoms with van der Waals surface area (Å²) in [5.74, 6) is 0.230. The fourth-order valence-electron chi connectivity index (χ4n) is 12.3. The highest BCUT2D eigenvalue weighted by Gasteiger charge is 2.30. The molecule has 0 rings (SSSR count). The third kappa shape index (κ3) is 72.8. The van der Waals surface area contributed by atoms with Gasteiger partial charge in [0.2, 0.25) is 0 Å². The van der Waals surface area contributed by atoms with Gasteiger partial charge in [-0.1, -0.05) is 363 Å². The molecule has 0 saturated carbocycles. The molecule has 588 valence electrons. The van der Waals surface area contributed by atoms with E-state index < -0.39 is 97.5 Å². The summed E-state index contributed by atoms with van der Waals surface area (Å²) in [4.78, 5) is 73.0. The fourth-order valence-corrected chi connectivity index (χ4v) is 13.9. The minimum absolute atomic E-state index is 0.107. The standard InChI is InChI=1S/C80H156O17P2/c1-8-10-11-12-13-14-15-16-17-23-29-34-41-49-56-63-80(85)97-76(68-91-78(83)62-55-48-43-36-38-45-52-59-72(5)6)70-95-99(88,89)93-66-74(81)65-92-98(86,87)94-69-75(67-90-77(82)61-54-47-40-33-28-25-20-21-26-31-37-44-51-58-71(3)4)96-79(84)64-57-50-42-35-30-24-19-18-22-27-32-39-46-53-60-73(7)9-2/h71-76,81H,8-70H2,1-7H3,(H,86,87)(H,88,89)/t73?,74-,75-,76-/m1/s1. The number of rotatable bonds is 78. The lowest BCUT2D eigenvalue weighted by Crippen LogP contribution is -2.30. The molecule has 0 radical (unpaired) electrons. The monoisotopic (exact) mass is 1450 g/mol. The summed E-state index contributed by atoms with van der Waals surface area (Å²) >= 11 is 0. The minimum atomic E-state index is -4.96. The van der Waals surface area contributed by atoms with E-state index in [1.54, 1.807) is 0 Å². The molecule has 99 heavy (non-hydrogen) atoms. The van der Waals surface area contributed by atoms with E-state index in [4.69, 9.17) is 37.0 Å². The normalized spacial score (nSPS) is 14.3. The highest BCUT2D eigenvalue weighted by atomic mass is 31.2. The maximum absolute atomic E-state index is 13.1. The second-order valence-electron chi connectivity index (χ2n) is 30.0. The summed E-state index contributed by atoms with van der Waals surface area (Å²) in [6.07, 6.45) is 58.2.